The summed E-state index contributed by atoms with van der Waals surface area (Å²) in [4.78, 5) is 19.4. The lowest BCUT2D eigenvalue weighted by molar-refractivity contribution is 0.0773. The third-order valence-corrected chi connectivity index (χ3v) is 6.70. The van der Waals surface area contributed by atoms with Crippen molar-refractivity contribution in [3.05, 3.63) is 60.2 Å². The lowest BCUT2D eigenvalue weighted by Gasteiger charge is -2.22. The van der Waals surface area contributed by atoms with Crippen LogP contribution in [0, 0.1) is 5.92 Å². The quantitative estimate of drug-likeness (QED) is 0.423. The van der Waals surface area contributed by atoms with E-state index in [9.17, 15) is 4.79 Å². The summed E-state index contributed by atoms with van der Waals surface area (Å²) in [5.74, 6) is 0.886. The van der Waals surface area contributed by atoms with Gasteiger partial charge in [0.15, 0.2) is 0 Å². The van der Waals surface area contributed by atoms with Crippen LogP contribution in [0.2, 0.25) is 0 Å². The van der Waals surface area contributed by atoms with Gasteiger partial charge in [0.2, 0.25) is 0 Å². The molecule has 1 aliphatic heterocycles. The molecule has 33 heavy (non-hydrogen) atoms. The molecule has 1 unspecified atom stereocenters. The summed E-state index contributed by atoms with van der Waals surface area (Å²) >= 11 is 0. The molecule has 0 spiro atoms. The first-order valence-electron chi connectivity index (χ1n) is 12.4. The fourth-order valence-corrected chi connectivity index (χ4v) is 4.73. The number of hydrogen-bond donors (Lipinski definition) is 2. The topological polar surface area (TPSA) is 57.3 Å². The Morgan fingerprint density at radius 1 is 1.12 bits per heavy atom. The number of carbonyl (C=O) groups is 1. The second kappa shape index (κ2) is 11.3. The largest absolute Gasteiger partial charge is 0.384 e. The van der Waals surface area contributed by atoms with Gasteiger partial charge >= 0.3 is 0 Å². The molecule has 2 N–H and O–H groups in total. The maximum Gasteiger partial charge on any atom is 0.253 e. The predicted molar refractivity (Wildman–Crippen MR) is 138 cm³/mol. The highest BCUT2D eigenvalue weighted by molar-refractivity contribution is 5.96. The van der Waals surface area contributed by atoms with Crippen molar-refractivity contribution < 1.29 is 4.79 Å². The van der Waals surface area contributed by atoms with E-state index in [0.29, 0.717) is 0 Å². The van der Waals surface area contributed by atoms with Gasteiger partial charge in [-0.25, -0.2) is 4.98 Å². The number of nitrogens with one attached hydrogen (secondary N) is 2. The minimum absolute atomic E-state index is 0.0774. The lowest BCUT2D eigenvalue weighted by Crippen LogP contribution is -2.30. The third-order valence-electron chi connectivity index (χ3n) is 6.70. The maximum absolute atomic E-state index is 12.6. The minimum atomic E-state index is 0.0774. The SMILES string of the molecule is CCN(CC)C(=O)c1ccc(-c2cc(NCCCC3CCCNC3)c3ccccc3n2)cc1. The minimum Gasteiger partial charge on any atom is -0.384 e. The van der Waals surface area contributed by atoms with Crippen LogP contribution in [0.1, 0.15) is 49.9 Å². The number of fused-ring (bicyclic) bond motifs is 1. The highest BCUT2D eigenvalue weighted by atomic mass is 16.2. The van der Waals surface area contributed by atoms with Crippen molar-refractivity contribution in [2.24, 2.45) is 5.92 Å². The molecule has 0 aliphatic carbocycles. The Morgan fingerprint density at radius 2 is 1.91 bits per heavy atom. The number of piperidine rings is 1. The number of rotatable bonds is 9. The van der Waals surface area contributed by atoms with Gasteiger partial charge in [0, 0.05) is 41.8 Å². The Hall–Kier alpha value is -2.92. The van der Waals surface area contributed by atoms with Gasteiger partial charge < -0.3 is 15.5 Å². The van der Waals surface area contributed by atoms with E-state index in [2.05, 4.69) is 34.9 Å². The summed E-state index contributed by atoms with van der Waals surface area (Å²) in [6, 6.07) is 18.3. The van der Waals surface area contributed by atoms with Crippen molar-refractivity contribution in [3.8, 4) is 11.3 Å². The van der Waals surface area contributed by atoms with Crippen molar-refractivity contribution in [1.82, 2.24) is 15.2 Å². The molecule has 2 heterocycles. The van der Waals surface area contributed by atoms with Gasteiger partial charge in [-0.2, -0.15) is 0 Å². The standard InChI is InChI=1S/C28H36N4O/c1-3-32(4-2)28(33)23-15-13-22(14-16-23)26-19-27(24-11-5-6-12-25(24)31-26)30-18-8-10-21-9-7-17-29-20-21/h5-6,11-16,19,21,29H,3-4,7-10,17-18,20H2,1-2H3,(H,30,31). The van der Waals surface area contributed by atoms with Crippen LogP contribution in [0.3, 0.4) is 0 Å². The van der Waals surface area contributed by atoms with Crippen molar-refractivity contribution in [2.45, 2.75) is 39.5 Å². The van der Waals surface area contributed by atoms with E-state index >= 15 is 0 Å². The number of hydrogen-bond acceptors (Lipinski definition) is 4. The average Bonchev–Trinajstić information content (AvgIpc) is 2.87. The Morgan fingerprint density at radius 3 is 2.64 bits per heavy atom. The number of anilines is 1. The normalized spacial score (nSPS) is 16.0. The molecule has 3 aromatic rings. The summed E-state index contributed by atoms with van der Waals surface area (Å²) in [5, 5.41) is 8.34. The Kier molecular flexibility index (Phi) is 7.95. The molecule has 0 bridgehead atoms. The number of amides is 1. The van der Waals surface area contributed by atoms with Crippen LogP contribution in [-0.4, -0.2) is 48.5 Å². The molecule has 0 saturated carbocycles. The highest BCUT2D eigenvalue weighted by Gasteiger charge is 2.14. The molecule has 1 aliphatic rings. The van der Waals surface area contributed by atoms with Gasteiger partial charge in [-0.05, 0) is 82.8 Å². The first kappa shape index (κ1) is 23.2. The molecular weight excluding hydrogens is 408 g/mol. The fourth-order valence-electron chi connectivity index (χ4n) is 4.73. The van der Waals surface area contributed by atoms with E-state index in [-0.39, 0.29) is 5.91 Å². The molecule has 1 saturated heterocycles. The van der Waals surface area contributed by atoms with Crippen LogP contribution >= 0.6 is 0 Å². The second-order valence-corrected chi connectivity index (χ2v) is 8.91. The van der Waals surface area contributed by atoms with Crippen LogP contribution in [-0.2, 0) is 0 Å². The Labute approximate surface area is 197 Å². The number of pyridine rings is 1. The zero-order valence-corrected chi connectivity index (χ0v) is 19.9. The number of nitrogens with zero attached hydrogens (tertiary/aromatic N) is 2. The van der Waals surface area contributed by atoms with E-state index in [1.807, 2.05) is 49.1 Å². The van der Waals surface area contributed by atoms with E-state index in [1.165, 1.54) is 32.2 Å². The van der Waals surface area contributed by atoms with Crippen molar-refractivity contribution in [2.75, 3.05) is 38.0 Å². The van der Waals surface area contributed by atoms with Crippen LogP contribution in [0.4, 0.5) is 5.69 Å². The van der Waals surface area contributed by atoms with Crippen LogP contribution in [0.25, 0.3) is 22.2 Å². The lowest BCUT2D eigenvalue weighted by atomic mass is 9.95. The molecule has 0 radical (unpaired) electrons. The summed E-state index contributed by atoms with van der Waals surface area (Å²) in [7, 11) is 0. The van der Waals surface area contributed by atoms with Crippen LogP contribution in [0.15, 0.2) is 54.6 Å². The summed E-state index contributed by atoms with van der Waals surface area (Å²) in [5.41, 5.74) is 4.78. The van der Waals surface area contributed by atoms with E-state index in [4.69, 9.17) is 4.98 Å². The number of benzene rings is 2. The molecule has 174 valence electrons. The summed E-state index contributed by atoms with van der Waals surface area (Å²) in [6.45, 7) is 8.75. The first-order valence-corrected chi connectivity index (χ1v) is 12.4. The summed E-state index contributed by atoms with van der Waals surface area (Å²) < 4.78 is 0. The third kappa shape index (κ3) is 5.72. The van der Waals surface area contributed by atoms with Crippen molar-refractivity contribution in [1.29, 1.82) is 0 Å². The number of para-hydroxylation sites is 1. The molecule has 4 rings (SSSR count). The monoisotopic (exact) mass is 444 g/mol. The molecular formula is C28H36N4O. The van der Waals surface area contributed by atoms with E-state index < -0.39 is 0 Å². The molecule has 5 heteroatoms. The zero-order chi connectivity index (χ0) is 23.0. The van der Waals surface area contributed by atoms with Crippen molar-refractivity contribution >= 4 is 22.5 Å². The Bertz CT molecular complexity index is 1050. The van der Waals surface area contributed by atoms with Gasteiger partial charge in [-0.1, -0.05) is 30.3 Å². The smallest absolute Gasteiger partial charge is 0.253 e. The van der Waals surface area contributed by atoms with Crippen molar-refractivity contribution in [3.63, 3.8) is 0 Å². The van der Waals surface area contributed by atoms with Gasteiger partial charge in [0.1, 0.15) is 0 Å². The van der Waals surface area contributed by atoms with E-state index in [1.54, 1.807) is 0 Å². The molecule has 1 fully saturated rings. The predicted octanol–water partition coefficient (Wildman–Crippen LogP) is 5.58. The van der Waals surface area contributed by atoms with Crippen LogP contribution < -0.4 is 10.6 Å². The molecule has 2 aromatic carbocycles. The number of carbonyl (C=O) groups excluding carboxylic acids is 1. The molecule has 5 nitrogen and oxygen atoms in total. The highest BCUT2D eigenvalue weighted by Crippen LogP contribution is 2.29. The second-order valence-electron chi connectivity index (χ2n) is 8.91. The first-order chi connectivity index (χ1) is 16.2. The summed E-state index contributed by atoms with van der Waals surface area (Å²) in [6.07, 6.45) is 5.08. The molecule has 1 amide bonds. The maximum atomic E-state index is 12.6. The van der Waals surface area contributed by atoms with Gasteiger partial charge in [0.25, 0.3) is 5.91 Å². The number of aromatic nitrogens is 1. The molecule has 1 atom stereocenters. The zero-order valence-electron chi connectivity index (χ0n) is 19.9. The average molecular weight is 445 g/mol. The fraction of sp³-hybridized carbons (Fsp3) is 0.429. The van der Waals surface area contributed by atoms with Crippen LogP contribution in [0.5, 0.6) is 0 Å². The van der Waals surface area contributed by atoms with Gasteiger partial charge in [-0.15, -0.1) is 0 Å². The van der Waals surface area contributed by atoms with Gasteiger partial charge in [0.05, 0.1) is 11.2 Å². The molecule has 1 aromatic heterocycles. The van der Waals surface area contributed by atoms with E-state index in [0.717, 1.165) is 65.5 Å². The van der Waals surface area contributed by atoms with Gasteiger partial charge in [-0.3, -0.25) is 4.79 Å². The Balaban J connectivity index is 1.50.